The van der Waals surface area contributed by atoms with Gasteiger partial charge in [0.05, 0.1) is 24.2 Å². The van der Waals surface area contributed by atoms with Gasteiger partial charge in [0.15, 0.2) is 11.6 Å². The van der Waals surface area contributed by atoms with Crippen LogP contribution in [0.25, 0.3) is 5.70 Å². The van der Waals surface area contributed by atoms with Crippen LogP contribution in [0.2, 0.25) is 0 Å². The first-order chi connectivity index (χ1) is 12.4. The second-order valence-corrected chi connectivity index (χ2v) is 5.20. The number of hydrogen-bond acceptors (Lipinski definition) is 5. The van der Waals surface area contributed by atoms with Crippen LogP contribution in [-0.2, 0) is 15.7 Å². The van der Waals surface area contributed by atoms with E-state index in [9.17, 15) is 22.8 Å². The zero-order valence-corrected chi connectivity index (χ0v) is 13.4. The maximum Gasteiger partial charge on any atom is 0.434 e. The second-order valence-electron chi connectivity index (χ2n) is 5.20. The zero-order chi connectivity index (χ0) is 18.9. The third kappa shape index (κ3) is 2.89. The van der Waals surface area contributed by atoms with Crippen LogP contribution in [0.3, 0.4) is 0 Å². The molecule has 134 valence electrons. The van der Waals surface area contributed by atoms with Gasteiger partial charge in [-0.25, -0.2) is 14.3 Å². The van der Waals surface area contributed by atoms with Gasteiger partial charge in [0.2, 0.25) is 0 Å². The molecule has 9 heteroatoms. The number of nitrogens with zero attached hydrogens (tertiary/aromatic N) is 3. The lowest BCUT2D eigenvalue weighted by atomic mass is 10.1. The van der Waals surface area contributed by atoms with Crippen molar-refractivity contribution < 1.29 is 27.5 Å². The molecule has 0 saturated carbocycles. The average molecular weight is 363 g/mol. The first-order valence-corrected chi connectivity index (χ1v) is 7.52. The minimum atomic E-state index is -4.85. The maximum absolute atomic E-state index is 13.6. The molecule has 0 atom stereocenters. The fraction of sp³-hybridized carbons (Fsp3) is 0.176. The van der Waals surface area contributed by atoms with Crippen molar-refractivity contribution in [3.63, 3.8) is 0 Å². The highest BCUT2D eigenvalue weighted by Gasteiger charge is 2.42. The Hall–Kier alpha value is -3.32. The van der Waals surface area contributed by atoms with Gasteiger partial charge in [-0.15, -0.1) is 0 Å². The van der Waals surface area contributed by atoms with Gasteiger partial charge in [-0.2, -0.15) is 18.3 Å². The highest BCUT2D eigenvalue weighted by molar-refractivity contribution is 5.91. The lowest BCUT2D eigenvalue weighted by Crippen LogP contribution is -2.26. The second kappa shape index (κ2) is 6.53. The van der Waals surface area contributed by atoms with Crippen molar-refractivity contribution in [1.29, 1.82) is 0 Å². The Morgan fingerprint density at radius 3 is 2.65 bits per heavy atom. The van der Waals surface area contributed by atoms with Crippen LogP contribution >= 0.6 is 0 Å². The summed E-state index contributed by atoms with van der Waals surface area (Å²) in [5, 5.41) is 3.75. The van der Waals surface area contributed by atoms with E-state index in [0.717, 1.165) is 6.20 Å². The van der Waals surface area contributed by atoms with E-state index in [-0.39, 0.29) is 23.7 Å². The van der Waals surface area contributed by atoms with E-state index in [2.05, 4.69) is 9.84 Å². The van der Waals surface area contributed by atoms with Crippen LogP contribution in [0.15, 0.2) is 54.2 Å². The summed E-state index contributed by atoms with van der Waals surface area (Å²) in [7, 11) is 0. The molecule has 0 spiro atoms. The predicted octanol–water partition coefficient (Wildman–Crippen LogP) is 2.92. The minimum Gasteiger partial charge on any atom is -0.462 e. The molecule has 0 aromatic carbocycles. The first kappa shape index (κ1) is 17.5. The number of esters is 1. The molecule has 0 radical (unpaired) electrons. The van der Waals surface area contributed by atoms with Gasteiger partial charge in [0.25, 0.3) is 0 Å². The molecule has 0 bridgehead atoms. The first-order valence-electron chi connectivity index (χ1n) is 7.52. The van der Waals surface area contributed by atoms with E-state index in [0.29, 0.717) is 4.68 Å². The zero-order valence-electron chi connectivity index (χ0n) is 13.4. The normalized spacial score (nSPS) is 16.0. The lowest BCUT2D eigenvalue weighted by Gasteiger charge is -2.29. The third-order valence-electron chi connectivity index (χ3n) is 3.64. The van der Waals surface area contributed by atoms with Crippen molar-refractivity contribution in [2.75, 3.05) is 6.61 Å². The summed E-state index contributed by atoms with van der Waals surface area (Å²) < 4.78 is 46.2. The number of ether oxygens (including phenoxy) is 1. The molecule has 0 unspecified atom stereocenters. The van der Waals surface area contributed by atoms with Gasteiger partial charge >= 0.3 is 12.1 Å². The van der Waals surface area contributed by atoms with Gasteiger partial charge in [0, 0.05) is 6.20 Å². The number of allylic oxidation sites excluding steroid dienone is 6. The average Bonchev–Trinajstić information content (AvgIpc) is 3.06. The van der Waals surface area contributed by atoms with Crippen LogP contribution in [0.1, 0.15) is 23.0 Å². The largest absolute Gasteiger partial charge is 0.462 e. The fourth-order valence-corrected chi connectivity index (χ4v) is 2.62. The number of halogens is 3. The highest BCUT2D eigenvalue weighted by atomic mass is 19.4. The molecule has 0 fully saturated rings. The number of fused-ring (bicyclic) bond motifs is 1. The molecule has 0 aliphatic carbocycles. The summed E-state index contributed by atoms with van der Waals surface area (Å²) in [5.74, 6) is 0.610. The molecule has 1 aromatic rings. The van der Waals surface area contributed by atoms with Crippen LogP contribution in [-0.4, -0.2) is 33.2 Å². The summed E-state index contributed by atoms with van der Waals surface area (Å²) in [6, 6.07) is 0. The molecule has 0 N–H and O–H groups in total. The molecule has 26 heavy (non-hydrogen) atoms. The van der Waals surface area contributed by atoms with E-state index in [1.165, 1.54) is 48.4 Å². The summed E-state index contributed by atoms with van der Waals surface area (Å²) in [6.45, 7) is 1.43. The number of rotatable bonds is 3. The van der Waals surface area contributed by atoms with E-state index in [1.54, 1.807) is 5.94 Å². The van der Waals surface area contributed by atoms with E-state index < -0.39 is 23.4 Å². The number of alkyl halides is 3. The SMILES string of the molecule is CCOC(=O)c1cnn(C2=CC=CN3C(=C=O)C=CC=C23)c1C(F)(F)F. The molecule has 3 rings (SSSR count). The quantitative estimate of drug-likeness (QED) is 0.610. The monoisotopic (exact) mass is 363 g/mol. The molecule has 2 aliphatic rings. The van der Waals surface area contributed by atoms with Crippen molar-refractivity contribution in [3.05, 3.63) is 65.4 Å². The fourth-order valence-electron chi connectivity index (χ4n) is 2.62. The van der Waals surface area contributed by atoms with Gasteiger partial charge in [-0.3, -0.25) is 0 Å². The van der Waals surface area contributed by atoms with Gasteiger partial charge in [-0.05, 0) is 31.2 Å². The molecule has 0 amide bonds. The Morgan fingerprint density at radius 1 is 1.27 bits per heavy atom. The van der Waals surface area contributed by atoms with Gasteiger partial charge < -0.3 is 9.64 Å². The molecular weight excluding hydrogens is 351 g/mol. The van der Waals surface area contributed by atoms with E-state index >= 15 is 0 Å². The third-order valence-corrected chi connectivity index (χ3v) is 3.64. The number of carbonyl (C=O) groups excluding carboxylic acids is 2. The number of aromatic nitrogens is 2. The number of carbonyl (C=O) groups is 1. The van der Waals surface area contributed by atoms with Crippen molar-refractivity contribution in [2.24, 2.45) is 0 Å². The molecule has 1 aromatic heterocycles. The Bertz CT molecular complexity index is 929. The van der Waals surface area contributed by atoms with Crippen LogP contribution in [0.4, 0.5) is 13.2 Å². The maximum atomic E-state index is 13.6. The smallest absolute Gasteiger partial charge is 0.434 e. The lowest BCUT2D eigenvalue weighted by molar-refractivity contribution is -0.143. The van der Waals surface area contributed by atoms with Gasteiger partial charge in [0.1, 0.15) is 11.3 Å². The van der Waals surface area contributed by atoms with Crippen molar-refractivity contribution >= 4 is 17.6 Å². The summed E-state index contributed by atoms with van der Waals surface area (Å²) in [4.78, 5) is 24.3. The van der Waals surface area contributed by atoms with Crippen molar-refractivity contribution in [3.8, 4) is 0 Å². The topological polar surface area (TPSA) is 64.4 Å². The van der Waals surface area contributed by atoms with Crippen LogP contribution < -0.4 is 0 Å². The Labute approximate surface area is 145 Å². The summed E-state index contributed by atoms with van der Waals surface area (Å²) in [5.41, 5.74) is -1.45. The molecule has 3 heterocycles. The van der Waals surface area contributed by atoms with Crippen LogP contribution in [0.5, 0.6) is 0 Å². The predicted molar refractivity (Wildman–Crippen MR) is 84.9 cm³/mol. The number of hydrogen-bond donors (Lipinski definition) is 0. The van der Waals surface area contributed by atoms with Gasteiger partial charge in [-0.1, -0.05) is 6.08 Å². The molecule has 2 aliphatic heterocycles. The summed E-state index contributed by atoms with van der Waals surface area (Å²) >= 11 is 0. The Kier molecular flexibility index (Phi) is 4.40. The van der Waals surface area contributed by atoms with Crippen molar-refractivity contribution in [2.45, 2.75) is 13.1 Å². The Morgan fingerprint density at radius 2 is 2.00 bits per heavy atom. The van der Waals surface area contributed by atoms with Crippen molar-refractivity contribution in [1.82, 2.24) is 14.7 Å². The standard InChI is InChI=1S/C17H12F3N3O3/c1-2-26-16(25)12-9-21-23(15(12)17(18,19)20)14-7-4-8-22-11(10-24)5-3-6-13(14)22/h3-9H,2H2,1H3. The highest BCUT2D eigenvalue weighted by Crippen LogP contribution is 2.37. The molecule has 6 nitrogen and oxygen atoms in total. The molecular formula is C17H12F3N3O3. The van der Waals surface area contributed by atoms with Crippen LogP contribution in [0, 0.1) is 0 Å². The Balaban J connectivity index is 2.16. The summed E-state index contributed by atoms with van der Waals surface area (Å²) in [6.07, 6.45) is 4.88. The van der Waals surface area contributed by atoms with E-state index in [1.807, 2.05) is 0 Å². The molecule has 0 saturated heterocycles. The minimum absolute atomic E-state index is 0.0486. The van der Waals surface area contributed by atoms with E-state index in [4.69, 9.17) is 0 Å².